The Bertz CT molecular complexity index is 309. The van der Waals surface area contributed by atoms with E-state index in [2.05, 4.69) is 41.5 Å². The van der Waals surface area contributed by atoms with Crippen molar-refractivity contribution in [2.24, 2.45) is 0 Å². The van der Waals surface area contributed by atoms with Gasteiger partial charge in [0.1, 0.15) is 0 Å². The molecule has 0 amide bonds. The molecule has 1 heterocycles. The largest absolute Gasteiger partial charge is 0.388 e. The molecule has 0 saturated carbocycles. The zero-order valence-corrected chi connectivity index (χ0v) is 8.96. The van der Waals surface area contributed by atoms with E-state index in [1.54, 1.807) is 0 Å². The zero-order valence-electron chi connectivity index (χ0n) is 8.96. The van der Waals surface area contributed by atoms with Gasteiger partial charge in [0.05, 0.1) is 0 Å². The summed E-state index contributed by atoms with van der Waals surface area (Å²) in [5.74, 6) is 0.730. The Kier molecular flexibility index (Phi) is 2.73. The second-order valence-corrected chi connectivity index (χ2v) is 4.12. The highest BCUT2D eigenvalue weighted by Crippen LogP contribution is 2.27. The van der Waals surface area contributed by atoms with Crippen molar-refractivity contribution in [3.63, 3.8) is 0 Å². The van der Waals surface area contributed by atoms with Gasteiger partial charge in [-0.1, -0.05) is 12.1 Å². The molecule has 1 aliphatic heterocycles. The molecule has 76 valence electrons. The number of nitrogens with zero attached hydrogens (tertiary/aromatic N) is 1. The minimum Gasteiger partial charge on any atom is -0.388 e. The summed E-state index contributed by atoms with van der Waals surface area (Å²) >= 11 is 0. The van der Waals surface area contributed by atoms with Crippen LogP contribution in [0.2, 0.25) is 0 Å². The van der Waals surface area contributed by atoms with Crippen LogP contribution < -0.4 is 5.32 Å². The number of nitrogens with one attached hydrogen (secondary N) is 1. The van der Waals surface area contributed by atoms with Crippen LogP contribution in [0.1, 0.15) is 17.9 Å². The molecule has 2 rings (SSSR count). The van der Waals surface area contributed by atoms with E-state index in [1.807, 2.05) is 7.05 Å². The van der Waals surface area contributed by atoms with Crippen LogP contribution in [0.15, 0.2) is 24.3 Å². The van der Waals surface area contributed by atoms with Crippen LogP contribution in [0.3, 0.4) is 0 Å². The second-order valence-electron chi connectivity index (χ2n) is 4.12. The number of anilines is 1. The lowest BCUT2D eigenvalue weighted by Crippen LogP contribution is -2.13. The Morgan fingerprint density at radius 1 is 1.43 bits per heavy atom. The normalized spacial score (nSPS) is 22.6. The lowest BCUT2D eigenvalue weighted by atomic mass is 9.98. The number of benzene rings is 1. The Morgan fingerprint density at radius 2 is 2.29 bits per heavy atom. The number of hydrogen-bond donors (Lipinski definition) is 1. The lowest BCUT2D eigenvalue weighted by Gasteiger charge is -2.12. The van der Waals surface area contributed by atoms with Crippen LogP contribution in [0, 0.1) is 0 Å². The van der Waals surface area contributed by atoms with Crippen molar-refractivity contribution in [3.8, 4) is 0 Å². The highest BCUT2D eigenvalue weighted by atomic mass is 15.1. The van der Waals surface area contributed by atoms with E-state index in [9.17, 15) is 0 Å². The molecule has 1 aromatic carbocycles. The topological polar surface area (TPSA) is 15.3 Å². The van der Waals surface area contributed by atoms with Crippen molar-refractivity contribution < 1.29 is 0 Å². The molecule has 2 heteroatoms. The van der Waals surface area contributed by atoms with Gasteiger partial charge in [0, 0.05) is 19.3 Å². The predicted octanol–water partition coefficient (Wildman–Crippen LogP) is 2.15. The third-order valence-corrected chi connectivity index (χ3v) is 3.04. The minimum absolute atomic E-state index is 0.730. The maximum Gasteiger partial charge on any atom is 0.0340 e. The molecule has 1 aromatic rings. The monoisotopic (exact) mass is 190 g/mol. The van der Waals surface area contributed by atoms with Crippen LogP contribution in [-0.4, -0.2) is 32.1 Å². The Balaban J connectivity index is 2.15. The summed E-state index contributed by atoms with van der Waals surface area (Å²) < 4.78 is 0. The van der Waals surface area contributed by atoms with E-state index >= 15 is 0 Å². The molecule has 0 bridgehead atoms. The summed E-state index contributed by atoms with van der Waals surface area (Å²) in [7, 11) is 4.17. The molecular weight excluding hydrogens is 172 g/mol. The highest BCUT2D eigenvalue weighted by Gasteiger charge is 2.20. The van der Waals surface area contributed by atoms with Crippen molar-refractivity contribution in [1.82, 2.24) is 4.90 Å². The first-order valence-corrected chi connectivity index (χ1v) is 5.26. The quantitative estimate of drug-likeness (QED) is 0.768. The first-order chi connectivity index (χ1) is 6.79. The SMILES string of the molecule is CNc1cccc(C2CCN(C)C2)c1. The average molecular weight is 190 g/mol. The van der Waals surface area contributed by atoms with E-state index < -0.39 is 0 Å². The fraction of sp³-hybridized carbons (Fsp3) is 0.500. The standard InChI is InChI=1S/C12H18N2/c1-13-12-5-3-4-10(8-12)11-6-7-14(2)9-11/h3-5,8,11,13H,6-7,9H2,1-2H3. The van der Waals surface area contributed by atoms with Gasteiger partial charge in [0.15, 0.2) is 0 Å². The van der Waals surface area contributed by atoms with Gasteiger partial charge in [-0.25, -0.2) is 0 Å². The van der Waals surface area contributed by atoms with Gasteiger partial charge in [-0.3, -0.25) is 0 Å². The van der Waals surface area contributed by atoms with Gasteiger partial charge in [-0.15, -0.1) is 0 Å². The van der Waals surface area contributed by atoms with Crippen molar-refractivity contribution in [1.29, 1.82) is 0 Å². The first-order valence-electron chi connectivity index (χ1n) is 5.26. The number of likely N-dealkylation sites (tertiary alicyclic amines) is 1. The average Bonchev–Trinajstić information content (AvgIpc) is 2.65. The molecule has 1 saturated heterocycles. The molecule has 1 fully saturated rings. The molecule has 0 aromatic heterocycles. The zero-order chi connectivity index (χ0) is 9.97. The van der Waals surface area contributed by atoms with Crippen LogP contribution >= 0.6 is 0 Å². The summed E-state index contributed by atoms with van der Waals surface area (Å²) in [5.41, 5.74) is 2.69. The molecule has 1 N–H and O–H groups in total. The minimum atomic E-state index is 0.730. The molecular formula is C12H18N2. The Labute approximate surface area is 85.9 Å². The molecule has 1 unspecified atom stereocenters. The summed E-state index contributed by atoms with van der Waals surface area (Å²) in [4.78, 5) is 2.40. The van der Waals surface area contributed by atoms with E-state index in [4.69, 9.17) is 0 Å². The molecule has 0 radical (unpaired) electrons. The molecule has 1 aliphatic rings. The summed E-state index contributed by atoms with van der Waals surface area (Å²) in [6, 6.07) is 8.76. The molecule has 14 heavy (non-hydrogen) atoms. The first kappa shape index (κ1) is 9.53. The number of likely N-dealkylation sites (N-methyl/N-ethyl adjacent to an activating group) is 1. The third kappa shape index (κ3) is 1.90. The van der Waals surface area contributed by atoms with E-state index in [0.717, 1.165) is 5.92 Å². The van der Waals surface area contributed by atoms with Gasteiger partial charge in [-0.05, 0) is 43.6 Å². The maximum absolute atomic E-state index is 3.19. The van der Waals surface area contributed by atoms with Crippen molar-refractivity contribution in [2.75, 3.05) is 32.5 Å². The second kappa shape index (κ2) is 4.01. The lowest BCUT2D eigenvalue weighted by molar-refractivity contribution is 0.411. The van der Waals surface area contributed by atoms with Gasteiger partial charge < -0.3 is 10.2 Å². The van der Waals surface area contributed by atoms with Gasteiger partial charge in [0.25, 0.3) is 0 Å². The fourth-order valence-electron chi connectivity index (χ4n) is 2.16. The number of hydrogen-bond acceptors (Lipinski definition) is 2. The predicted molar refractivity (Wildman–Crippen MR) is 60.8 cm³/mol. The number of rotatable bonds is 2. The van der Waals surface area contributed by atoms with Crippen molar-refractivity contribution in [2.45, 2.75) is 12.3 Å². The van der Waals surface area contributed by atoms with Gasteiger partial charge in [0.2, 0.25) is 0 Å². The van der Waals surface area contributed by atoms with E-state index in [-0.39, 0.29) is 0 Å². The highest BCUT2D eigenvalue weighted by molar-refractivity contribution is 5.46. The van der Waals surface area contributed by atoms with E-state index in [1.165, 1.54) is 30.8 Å². The molecule has 0 spiro atoms. The van der Waals surface area contributed by atoms with Crippen LogP contribution in [0.4, 0.5) is 5.69 Å². The molecule has 2 nitrogen and oxygen atoms in total. The molecule has 0 aliphatic carbocycles. The van der Waals surface area contributed by atoms with Crippen LogP contribution in [0.5, 0.6) is 0 Å². The fourth-order valence-corrected chi connectivity index (χ4v) is 2.16. The Hall–Kier alpha value is -1.02. The maximum atomic E-state index is 3.19. The summed E-state index contributed by atoms with van der Waals surface area (Å²) in [6.07, 6.45) is 1.30. The van der Waals surface area contributed by atoms with E-state index in [0.29, 0.717) is 0 Å². The van der Waals surface area contributed by atoms with Crippen LogP contribution in [0.25, 0.3) is 0 Å². The van der Waals surface area contributed by atoms with Gasteiger partial charge >= 0.3 is 0 Å². The molecule has 1 atom stereocenters. The summed E-state index contributed by atoms with van der Waals surface area (Å²) in [5, 5.41) is 3.19. The summed E-state index contributed by atoms with van der Waals surface area (Å²) in [6.45, 7) is 2.43. The van der Waals surface area contributed by atoms with Crippen LogP contribution in [-0.2, 0) is 0 Å². The smallest absolute Gasteiger partial charge is 0.0340 e. The van der Waals surface area contributed by atoms with Crippen molar-refractivity contribution >= 4 is 5.69 Å². The Morgan fingerprint density at radius 3 is 2.93 bits per heavy atom. The van der Waals surface area contributed by atoms with Gasteiger partial charge in [-0.2, -0.15) is 0 Å². The third-order valence-electron chi connectivity index (χ3n) is 3.04. The van der Waals surface area contributed by atoms with Crippen molar-refractivity contribution in [3.05, 3.63) is 29.8 Å².